The number of ether oxygens (including phenoxy) is 1. The fraction of sp³-hybridized carbons (Fsp3) is 0.400. The molecule has 1 N–H and O–H groups in total. The second kappa shape index (κ2) is 9.09. The quantitative estimate of drug-likeness (QED) is 0.793. The van der Waals surface area contributed by atoms with Gasteiger partial charge in [-0.25, -0.2) is 4.39 Å². The lowest BCUT2D eigenvalue weighted by molar-refractivity contribution is -0.134. The molecule has 0 aliphatic carbocycles. The molecule has 2 aromatic rings. The number of nitriles is 1. The lowest BCUT2D eigenvalue weighted by atomic mass is 10.0. The Kier molecular flexibility index (Phi) is 6.56. The van der Waals surface area contributed by atoms with Gasteiger partial charge in [-0.2, -0.15) is 5.26 Å². The monoisotopic (exact) mass is 387 g/mol. The molecule has 0 unspecified atom stereocenters. The third kappa shape index (κ3) is 5.13. The Labute approximate surface area is 162 Å². The van der Waals surface area contributed by atoms with Crippen molar-refractivity contribution in [1.29, 1.82) is 5.26 Å². The molecule has 5 nitrogen and oxygen atoms in total. The molecule has 1 aromatic heterocycles. The highest BCUT2D eigenvalue weighted by atomic mass is 32.1. The van der Waals surface area contributed by atoms with Crippen LogP contribution in [0, 0.1) is 23.1 Å². The number of hydrogen-bond donors (Lipinski definition) is 1. The Morgan fingerprint density at radius 1 is 1.48 bits per heavy atom. The van der Waals surface area contributed by atoms with Gasteiger partial charge in [0.2, 0.25) is 5.91 Å². The van der Waals surface area contributed by atoms with Crippen LogP contribution >= 0.6 is 11.3 Å². The molecular weight excluding hydrogens is 365 g/mol. The van der Waals surface area contributed by atoms with E-state index in [4.69, 9.17) is 10.00 Å². The molecule has 0 radical (unpaired) electrons. The van der Waals surface area contributed by atoms with E-state index in [0.717, 1.165) is 4.88 Å². The van der Waals surface area contributed by atoms with Crippen LogP contribution < -0.4 is 5.32 Å². The molecule has 0 saturated carbocycles. The van der Waals surface area contributed by atoms with Gasteiger partial charge in [-0.15, -0.1) is 11.3 Å². The molecule has 3 rings (SSSR count). The molecular formula is C20H22FN3O2S. The minimum Gasteiger partial charge on any atom is -0.376 e. The van der Waals surface area contributed by atoms with Crippen molar-refractivity contribution >= 4 is 17.2 Å². The van der Waals surface area contributed by atoms with Crippen LogP contribution in [0.1, 0.15) is 22.4 Å². The highest BCUT2D eigenvalue weighted by Gasteiger charge is 2.32. The van der Waals surface area contributed by atoms with Crippen LogP contribution in [0.4, 0.5) is 4.39 Å². The molecule has 2 atom stereocenters. The van der Waals surface area contributed by atoms with Crippen molar-refractivity contribution < 1.29 is 13.9 Å². The number of thiophene rings is 1. The molecule has 1 aliphatic heterocycles. The molecule has 27 heavy (non-hydrogen) atoms. The van der Waals surface area contributed by atoms with Crippen LogP contribution in [0.15, 0.2) is 35.7 Å². The summed E-state index contributed by atoms with van der Waals surface area (Å²) in [6, 6.07) is 10.4. The molecule has 2 heterocycles. The summed E-state index contributed by atoms with van der Waals surface area (Å²) in [5, 5.41) is 14.0. The third-order valence-electron chi connectivity index (χ3n) is 4.65. The van der Waals surface area contributed by atoms with E-state index in [1.165, 1.54) is 6.07 Å². The summed E-state index contributed by atoms with van der Waals surface area (Å²) in [4.78, 5) is 15.5. The second-order valence-electron chi connectivity index (χ2n) is 6.71. The average molecular weight is 387 g/mol. The summed E-state index contributed by atoms with van der Waals surface area (Å²) in [5.74, 6) is -0.422. The van der Waals surface area contributed by atoms with E-state index >= 15 is 0 Å². The number of hydrogen-bond acceptors (Lipinski definition) is 5. The van der Waals surface area contributed by atoms with Crippen molar-refractivity contribution in [3.63, 3.8) is 0 Å². The van der Waals surface area contributed by atoms with Gasteiger partial charge in [0.25, 0.3) is 0 Å². The zero-order valence-corrected chi connectivity index (χ0v) is 16.0. The number of carbonyl (C=O) groups is 1. The van der Waals surface area contributed by atoms with Crippen molar-refractivity contribution in [1.82, 2.24) is 10.2 Å². The third-order valence-corrected chi connectivity index (χ3v) is 5.51. The lowest BCUT2D eigenvalue weighted by Crippen LogP contribution is -2.33. The first-order valence-electron chi connectivity index (χ1n) is 8.85. The van der Waals surface area contributed by atoms with Crippen molar-refractivity contribution in [2.75, 3.05) is 20.2 Å². The van der Waals surface area contributed by atoms with Crippen molar-refractivity contribution in [2.45, 2.75) is 25.6 Å². The van der Waals surface area contributed by atoms with Crippen molar-refractivity contribution in [3.05, 3.63) is 57.5 Å². The van der Waals surface area contributed by atoms with E-state index in [1.807, 2.05) is 30.6 Å². The van der Waals surface area contributed by atoms with Gasteiger partial charge in [-0.3, -0.25) is 4.79 Å². The number of nitrogens with zero attached hydrogens (tertiary/aromatic N) is 2. The molecule has 0 spiro atoms. The topological polar surface area (TPSA) is 65.4 Å². The molecule has 1 saturated heterocycles. The average Bonchev–Trinajstić information content (AvgIpc) is 3.34. The maximum Gasteiger partial charge on any atom is 0.228 e. The fourth-order valence-electron chi connectivity index (χ4n) is 3.17. The molecule has 7 heteroatoms. The number of amides is 1. The fourth-order valence-corrected chi connectivity index (χ4v) is 3.93. The van der Waals surface area contributed by atoms with E-state index < -0.39 is 5.82 Å². The standard InChI is InChI=1S/C20H22FN3O2S/c1-24(12-18-3-2-6-27-18)20(25)16-8-17(26-13-16)11-23-10-15-5-4-14(9-22)7-19(15)21/h2-7,16-17,23H,8,10-13H2,1H3/t16-,17-/m0/s1. The van der Waals surface area contributed by atoms with Gasteiger partial charge in [0.1, 0.15) is 5.82 Å². The van der Waals surface area contributed by atoms with Crippen LogP contribution in [0.25, 0.3) is 0 Å². The Morgan fingerprint density at radius 3 is 3.04 bits per heavy atom. The van der Waals surface area contributed by atoms with Gasteiger partial charge in [0.15, 0.2) is 0 Å². The first-order chi connectivity index (χ1) is 13.1. The van der Waals surface area contributed by atoms with Gasteiger partial charge in [0, 0.05) is 30.6 Å². The van der Waals surface area contributed by atoms with Crippen LogP contribution in [0.2, 0.25) is 0 Å². The summed E-state index contributed by atoms with van der Waals surface area (Å²) in [7, 11) is 1.82. The van der Waals surface area contributed by atoms with Crippen molar-refractivity contribution in [3.8, 4) is 6.07 Å². The minimum atomic E-state index is -0.392. The predicted molar refractivity (Wildman–Crippen MR) is 101 cm³/mol. The highest BCUT2D eigenvalue weighted by molar-refractivity contribution is 7.09. The zero-order chi connectivity index (χ0) is 19.2. The first kappa shape index (κ1) is 19.5. The Bertz CT molecular complexity index is 819. The van der Waals surface area contributed by atoms with E-state index in [2.05, 4.69) is 5.32 Å². The zero-order valence-electron chi connectivity index (χ0n) is 15.2. The van der Waals surface area contributed by atoms with Crippen molar-refractivity contribution in [2.24, 2.45) is 5.92 Å². The van der Waals surface area contributed by atoms with E-state index in [0.29, 0.717) is 43.8 Å². The van der Waals surface area contributed by atoms with E-state index in [1.54, 1.807) is 28.4 Å². The second-order valence-corrected chi connectivity index (χ2v) is 7.74. The van der Waals surface area contributed by atoms with Crippen LogP contribution in [-0.2, 0) is 22.6 Å². The molecule has 0 bridgehead atoms. The normalized spacial score (nSPS) is 19.0. The largest absolute Gasteiger partial charge is 0.376 e. The summed E-state index contributed by atoms with van der Waals surface area (Å²) < 4.78 is 19.6. The smallest absolute Gasteiger partial charge is 0.228 e. The van der Waals surface area contributed by atoms with Gasteiger partial charge < -0.3 is 15.0 Å². The van der Waals surface area contributed by atoms with Gasteiger partial charge >= 0.3 is 0 Å². The number of nitrogens with one attached hydrogen (secondary N) is 1. The number of rotatable bonds is 7. The summed E-state index contributed by atoms with van der Waals surface area (Å²) in [6.07, 6.45) is 0.603. The van der Waals surface area contributed by atoms with Gasteiger partial charge in [-0.05, 0) is 30.0 Å². The van der Waals surface area contributed by atoms with Gasteiger partial charge in [-0.1, -0.05) is 12.1 Å². The maximum absolute atomic E-state index is 13.9. The lowest BCUT2D eigenvalue weighted by Gasteiger charge is -2.19. The maximum atomic E-state index is 13.9. The van der Waals surface area contributed by atoms with Crippen LogP contribution in [0.5, 0.6) is 0 Å². The van der Waals surface area contributed by atoms with E-state index in [9.17, 15) is 9.18 Å². The molecule has 1 aromatic carbocycles. The predicted octanol–water partition coefficient (Wildman–Crippen LogP) is 2.91. The molecule has 1 fully saturated rings. The minimum absolute atomic E-state index is 0.0597. The molecule has 1 aliphatic rings. The highest BCUT2D eigenvalue weighted by Crippen LogP contribution is 2.22. The molecule has 142 valence electrons. The first-order valence-corrected chi connectivity index (χ1v) is 9.73. The SMILES string of the molecule is CN(Cc1cccs1)C(=O)[C@@H]1CO[C@H](CNCc2ccc(C#N)cc2F)C1. The van der Waals surface area contributed by atoms with Crippen LogP contribution in [0.3, 0.4) is 0 Å². The summed E-state index contributed by atoms with van der Waals surface area (Å²) in [6.45, 7) is 1.95. The molecule has 1 amide bonds. The number of benzene rings is 1. The van der Waals surface area contributed by atoms with Crippen LogP contribution in [-0.4, -0.2) is 37.1 Å². The number of carbonyl (C=O) groups excluding carboxylic acids is 1. The van der Waals surface area contributed by atoms with Gasteiger partial charge in [0.05, 0.1) is 36.8 Å². The Balaban J connectivity index is 1.43. The summed E-state index contributed by atoms with van der Waals surface area (Å²) in [5.41, 5.74) is 0.818. The summed E-state index contributed by atoms with van der Waals surface area (Å²) >= 11 is 1.64. The Hall–Kier alpha value is -2.27. The van der Waals surface area contributed by atoms with E-state index in [-0.39, 0.29) is 17.9 Å². The number of halogens is 1. The Morgan fingerprint density at radius 2 is 2.33 bits per heavy atom.